The summed E-state index contributed by atoms with van der Waals surface area (Å²) in [5.41, 5.74) is 2.17. The molecule has 0 aliphatic carbocycles. The fourth-order valence-corrected chi connectivity index (χ4v) is 2.45. The molecule has 0 spiro atoms. The van der Waals surface area contributed by atoms with Crippen LogP contribution in [0.4, 0.5) is 4.39 Å². The van der Waals surface area contributed by atoms with Crippen molar-refractivity contribution in [1.29, 1.82) is 0 Å². The summed E-state index contributed by atoms with van der Waals surface area (Å²) >= 11 is 0. The number of aromatic amines is 1. The van der Waals surface area contributed by atoms with Crippen molar-refractivity contribution in [2.24, 2.45) is 0 Å². The van der Waals surface area contributed by atoms with E-state index in [1.165, 1.54) is 12.1 Å². The summed E-state index contributed by atoms with van der Waals surface area (Å²) in [5.74, 6) is -0.255. The van der Waals surface area contributed by atoms with Crippen molar-refractivity contribution in [3.05, 3.63) is 53.0 Å². The van der Waals surface area contributed by atoms with Gasteiger partial charge in [0.1, 0.15) is 10.8 Å². The third-order valence-electron chi connectivity index (χ3n) is 2.60. The highest BCUT2D eigenvalue weighted by Crippen LogP contribution is 2.17. The van der Waals surface area contributed by atoms with Crippen LogP contribution in [-0.4, -0.2) is 13.4 Å². The van der Waals surface area contributed by atoms with Gasteiger partial charge in [-0.15, -0.1) is 0 Å². The number of nitrogens with one attached hydrogen (secondary N) is 1. The molecule has 96 valence electrons. The zero-order chi connectivity index (χ0) is 13.3. The van der Waals surface area contributed by atoms with Gasteiger partial charge in [0, 0.05) is 22.8 Å². The molecule has 18 heavy (non-hydrogen) atoms. The molecule has 0 amide bonds. The molecule has 0 unspecified atom stereocenters. The average Bonchev–Trinajstić information content (AvgIpc) is 2.72. The van der Waals surface area contributed by atoms with Gasteiger partial charge in [-0.3, -0.25) is 0 Å². The van der Waals surface area contributed by atoms with Crippen LogP contribution in [0.3, 0.4) is 0 Å². The second kappa shape index (κ2) is 4.74. The number of aromatic nitrogens is 1. The van der Waals surface area contributed by atoms with Crippen molar-refractivity contribution in [1.82, 2.24) is 4.98 Å². The largest absolute Gasteiger partial charge is 0.348 e. The van der Waals surface area contributed by atoms with E-state index >= 15 is 0 Å². The Kier molecular flexibility index (Phi) is 3.45. The van der Waals surface area contributed by atoms with Crippen LogP contribution in [0.2, 0.25) is 0 Å². The Morgan fingerprint density at radius 3 is 2.56 bits per heavy atom. The molecule has 2 rings (SSSR count). The van der Waals surface area contributed by atoms with Crippen molar-refractivity contribution in [3.8, 4) is 0 Å². The first-order chi connectivity index (χ1) is 8.36. The number of rotatable bonds is 3. The van der Waals surface area contributed by atoms with Crippen molar-refractivity contribution in [3.63, 3.8) is 0 Å². The summed E-state index contributed by atoms with van der Waals surface area (Å²) < 4.78 is 35.3. The number of hydrogen-bond donors (Lipinski definition) is 1. The molecule has 0 atom stereocenters. The molecule has 1 N–H and O–H groups in total. The van der Waals surface area contributed by atoms with Crippen LogP contribution in [0, 0.1) is 12.7 Å². The van der Waals surface area contributed by atoms with E-state index in [0.717, 1.165) is 5.56 Å². The van der Waals surface area contributed by atoms with Crippen molar-refractivity contribution in [2.75, 3.05) is 0 Å². The third kappa shape index (κ3) is 2.91. The molecule has 2 aromatic rings. The maximum Gasteiger partial charge on any atom is 0.276 e. The summed E-state index contributed by atoms with van der Waals surface area (Å²) in [7, 11) is 1.48. The number of halogens is 2. The molecule has 0 saturated heterocycles. The fraction of sp³-hybridized carbons (Fsp3) is 0.167. The molecule has 0 aliphatic rings. The van der Waals surface area contributed by atoms with Crippen molar-refractivity contribution in [2.45, 2.75) is 18.4 Å². The topological polar surface area (TPSA) is 49.9 Å². The molecule has 0 saturated carbocycles. The molecular formula is C12H11ClFNO2S. The van der Waals surface area contributed by atoms with Gasteiger partial charge in [0.25, 0.3) is 9.05 Å². The molecule has 3 nitrogen and oxygen atoms in total. The zero-order valence-corrected chi connectivity index (χ0v) is 11.1. The monoisotopic (exact) mass is 287 g/mol. The van der Waals surface area contributed by atoms with Crippen LogP contribution in [0.15, 0.2) is 35.4 Å². The molecule has 1 heterocycles. The Bertz CT molecular complexity index is 679. The summed E-state index contributed by atoms with van der Waals surface area (Å²) in [6.45, 7) is 1.68. The van der Waals surface area contributed by atoms with E-state index in [9.17, 15) is 12.8 Å². The lowest BCUT2D eigenvalue weighted by molar-refractivity contribution is 0.606. The summed E-state index contributed by atoms with van der Waals surface area (Å²) in [6.07, 6.45) is 0.494. The van der Waals surface area contributed by atoms with Gasteiger partial charge in [-0.25, -0.2) is 12.8 Å². The van der Waals surface area contributed by atoms with Gasteiger partial charge in [-0.2, -0.15) is 0 Å². The molecule has 6 heteroatoms. The highest BCUT2D eigenvalue weighted by Gasteiger charge is 2.12. The minimum Gasteiger partial charge on any atom is -0.348 e. The van der Waals surface area contributed by atoms with Gasteiger partial charge in [0.05, 0.1) is 0 Å². The molecule has 0 aliphatic heterocycles. The molecule has 1 aromatic heterocycles. The first kappa shape index (κ1) is 13.1. The SMILES string of the molecule is Cc1cc(Cc2ccc(S(=O)(=O)Cl)[nH]2)ccc1F. The van der Waals surface area contributed by atoms with E-state index in [4.69, 9.17) is 10.7 Å². The van der Waals surface area contributed by atoms with E-state index in [-0.39, 0.29) is 10.8 Å². The summed E-state index contributed by atoms with van der Waals surface area (Å²) in [4.78, 5) is 2.72. The Labute approximate surface area is 109 Å². The maximum absolute atomic E-state index is 13.1. The maximum atomic E-state index is 13.1. The lowest BCUT2D eigenvalue weighted by atomic mass is 10.1. The van der Waals surface area contributed by atoms with Crippen molar-refractivity contribution >= 4 is 19.7 Å². The van der Waals surface area contributed by atoms with Gasteiger partial charge < -0.3 is 4.98 Å². The van der Waals surface area contributed by atoms with Gasteiger partial charge in [-0.05, 0) is 36.2 Å². The van der Waals surface area contributed by atoms with Gasteiger partial charge in [-0.1, -0.05) is 12.1 Å². The summed E-state index contributed by atoms with van der Waals surface area (Å²) in [5, 5.41) is -0.0296. The van der Waals surface area contributed by atoms with E-state index < -0.39 is 9.05 Å². The number of benzene rings is 1. The van der Waals surface area contributed by atoms with Crippen LogP contribution in [0.25, 0.3) is 0 Å². The van der Waals surface area contributed by atoms with E-state index in [1.54, 1.807) is 25.1 Å². The smallest absolute Gasteiger partial charge is 0.276 e. The number of hydrogen-bond acceptors (Lipinski definition) is 2. The first-order valence-electron chi connectivity index (χ1n) is 5.24. The first-order valence-corrected chi connectivity index (χ1v) is 7.55. The van der Waals surface area contributed by atoms with Crippen LogP contribution >= 0.6 is 10.7 Å². The molecule has 0 radical (unpaired) electrons. The second-order valence-corrected chi connectivity index (χ2v) is 6.58. The molecular weight excluding hydrogens is 277 g/mol. The molecule has 0 fully saturated rings. The van der Waals surface area contributed by atoms with Gasteiger partial charge >= 0.3 is 0 Å². The highest BCUT2D eigenvalue weighted by atomic mass is 35.7. The van der Waals surface area contributed by atoms with Crippen LogP contribution < -0.4 is 0 Å². The van der Waals surface area contributed by atoms with Gasteiger partial charge in [0.2, 0.25) is 0 Å². The lowest BCUT2D eigenvalue weighted by Crippen LogP contribution is -1.94. The average molecular weight is 288 g/mol. The van der Waals surface area contributed by atoms with Gasteiger partial charge in [0.15, 0.2) is 0 Å². The Balaban J connectivity index is 2.24. The predicted molar refractivity (Wildman–Crippen MR) is 67.8 cm³/mol. The lowest BCUT2D eigenvalue weighted by Gasteiger charge is -2.02. The predicted octanol–water partition coefficient (Wildman–Crippen LogP) is 2.98. The number of H-pyrrole nitrogens is 1. The van der Waals surface area contributed by atoms with Crippen LogP contribution in [0.1, 0.15) is 16.8 Å². The zero-order valence-electron chi connectivity index (χ0n) is 9.57. The fourth-order valence-electron chi connectivity index (χ4n) is 1.70. The Morgan fingerprint density at radius 2 is 2.00 bits per heavy atom. The third-order valence-corrected chi connectivity index (χ3v) is 3.86. The van der Waals surface area contributed by atoms with E-state index in [2.05, 4.69) is 4.98 Å². The Morgan fingerprint density at radius 1 is 1.28 bits per heavy atom. The standard InChI is InChI=1S/C12H11ClFNO2S/c1-8-6-9(2-4-11(8)14)7-10-3-5-12(15-10)18(13,16)17/h2-6,15H,7H2,1H3. The summed E-state index contributed by atoms with van der Waals surface area (Å²) in [6, 6.07) is 7.85. The minimum atomic E-state index is -3.73. The number of aryl methyl sites for hydroxylation is 1. The van der Waals surface area contributed by atoms with Crippen LogP contribution in [-0.2, 0) is 15.5 Å². The second-order valence-electron chi connectivity index (χ2n) is 4.05. The van der Waals surface area contributed by atoms with E-state index in [0.29, 0.717) is 17.7 Å². The Hall–Kier alpha value is -1.33. The van der Waals surface area contributed by atoms with E-state index in [1.807, 2.05) is 0 Å². The normalized spacial score (nSPS) is 11.7. The molecule has 0 bridgehead atoms. The quantitative estimate of drug-likeness (QED) is 0.882. The van der Waals surface area contributed by atoms with Crippen molar-refractivity contribution < 1.29 is 12.8 Å². The highest BCUT2D eigenvalue weighted by molar-refractivity contribution is 8.13. The van der Waals surface area contributed by atoms with Crippen LogP contribution in [0.5, 0.6) is 0 Å². The minimum absolute atomic E-state index is 0.0296. The molecule has 1 aromatic carbocycles.